The molecule has 1 N–H and O–H groups in total. The van der Waals surface area contributed by atoms with Crippen molar-refractivity contribution in [1.29, 1.82) is 0 Å². The normalized spacial score (nSPS) is 24.5. The standard InChI is InChI=1S/C17H27NO/c1-11-7-14(17(4,5)6)8-12(2)16(11)15-9-18-13(3)10-19-15/h7-8,13,15,18H,9-10H2,1-6H3. The number of rotatable bonds is 1. The summed E-state index contributed by atoms with van der Waals surface area (Å²) in [6.07, 6.45) is 0.199. The maximum atomic E-state index is 6.00. The quantitative estimate of drug-likeness (QED) is 0.833. The number of hydrogen-bond donors (Lipinski definition) is 1. The van der Waals surface area contributed by atoms with E-state index in [9.17, 15) is 0 Å². The summed E-state index contributed by atoms with van der Waals surface area (Å²) in [5.74, 6) is 0. The van der Waals surface area contributed by atoms with Crippen molar-refractivity contribution >= 4 is 0 Å². The van der Waals surface area contributed by atoms with Gasteiger partial charge in [-0.05, 0) is 48.4 Å². The molecule has 1 aromatic rings. The number of hydrogen-bond acceptors (Lipinski definition) is 2. The van der Waals surface area contributed by atoms with Gasteiger partial charge in [0, 0.05) is 12.6 Å². The van der Waals surface area contributed by atoms with Gasteiger partial charge in [-0.3, -0.25) is 0 Å². The Balaban J connectivity index is 2.32. The van der Waals surface area contributed by atoms with Crippen LogP contribution in [0.4, 0.5) is 0 Å². The average Bonchev–Trinajstić information content (AvgIpc) is 2.29. The van der Waals surface area contributed by atoms with E-state index < -0.39 is 0 Å². The third-order valence-electron chi connectivity index (χ3n) is 3.98. The molecule has 0 amide bonds. The van der Waals surface area contributed by atoms with Crippen LogP contribution in [0.3, 0.4) is 0 Å². The lowest BCUT2D eigenvalue weighted by atomic mass is 9.83. The molecule has 0 aromatic heterocycles. The highest BCUT2D eigenvalue weighted by atomic mass is 16.5. The average molecular weight is 261 g/mol. The topological polar surface area (TPSA) is 21.3 Å². The second-order valence-corrected chi connectivity index (χ2v) is 6.90. The Bertz CT molecular complexity index is 428. The van der Waals surface area contributed by atoms with Gasteiger partial charge in [-0.2, -0.15) is 0 Å². The van der Waals surface area contributed by atoms with E-state index in [1.165, 1.54) is 22.3 Å². The largest absolute Gasteiger partial charge is 0.371 e. The van der Waals surface area contributed by atoms with Crippen molar-refractivity contribution in [2.45, 2.75) is 59.1 Å². The van der Waals surface area contributed by atoms with Crippen molar-refractivity contribution in [3.05, 3.63) is 34.4 Å². The van der Waals surface area contributed by atoms with Gasteiger partial charge in [-0.15, -0.1) is 0 Å². The Kier molecular flexibility index (Phi) is 4.03. The molecule has 0 saturated carbocycles. The van der Waals surface area contributed by atoms with Gasteiger partial charge >= 0.3 is 0 Å². The summed E-state index contributed by atoms with van der Waals surface area (Å²) in [4.78, 5) is 0. The zero-order valence-corrected chi connectivity index (χ0v) is 13.1. The molecule has 2 heteroatoms. The zero-order chi connectivity index (χ0) is 14.2. The molecular weight excluding hydrogens is 234 g/mol. The SMILES string of the molecule is Cc1cc(C(C)(C)C)cc(C)c1C1CNC(C)CO1. The predicted molar refractivity (Wildman–Crippen MR) is 80.8 cm³/mol. The smallest absolute Gasteiger partial charge is 0.0955 e. The van der Waals surface area contributed by atoms with Crippen LogP contribution in [0, 0.1) is 13.8 Å². The van der Waals surface area contributed by atoms with Crippen LogP contribution in [0.5, 0.6) is 0 Å². The first-order valence-electron chi connectivity index (χ1n) is 7.25. The minimum absolute atomic E-state index is 0.199. The molecule has 0 radical (unpaired) electrons. The van der Waals surface area contributed by atoms with Crippen LogP contribution in [0.1, 0.15) is 56.1 Å². The summed E-state index contributed by atoms with van der Waals surface area (Å²) in [7, 11) is 0. The zero-order valence-electron chi connectivity index (χ0n) is 13.1. The molecule has 1 heterocycles. The number of aryl methyl sites for hydroxylation is 2. The van der Waals surface area contributed by atoms with E-state index in [4.69, 9.17) is 4.74 Å². The molecule has 2 unspecified atom stereocenters. The van der Waals surface area contributed by atoms with Crippen LogP contribution >= 0.6 is 0 Å². The molecular formula is C17H27NO. The first kappa shape index (κ1) is 14.5. The van der Waals surface area contributed by atoms with Crippen molar-refractivity contribution in [2.75, 3.05) is 13.2 Å². The van der Waals surface area contributed by atoms with Crippen molar-refractivity contribution in [1.82, 2.24) is 5.32 Å². The molecule has 0 spiro atoms. The van der Waals surface area contributed by atoms with Crippen LogP contribution in [0.15, 0.2) is 12.1 Å². The summed E-state index contributed by atoms with van der Waals surface area (Å²) in [6, 6.07) is 5.11. The molecule has 19 heavy (non-hydrogen) atoms. The fourth-order valence-electron chi connectivity index (χ4n) is 2.79. The lowest BCUT2D eigenvalue weighted by molar-refractivity contribution is 0.00625. The van der Waals surface area contributed by atoms with Crippen LogP contribution in [0.2, 0.25) is 0 Å². The summed E-state index contributed by atoms with van der Waals surface area (Å²) >= 11 is 0. The lowest BCUT2D eigenvalue weighted by Crippen LogP contribution is -2.41. The Labute approximate surface area is 117 Å². The van der Waals surface area contributed by atoms with Crippen LogP contribution < -0.4 is 5.32 Å². The summed E-state index contributed by atoms with van der Waals surface area (Å²) in [5, 5.41) is 3.50. The summed E-state index contributed by atoms with van der Waals surface area (Å²) < 4.78 is 6.00. The fraction of sp³-hybridized carbons (Fsp3) is 0.647. The monoisotopic (exact) mass is 261 g/mol. The number of morpholine rings is 1. The van der Waals surface area contributed by atoms with Crippen molar-refractivity contribution < 1.29 is 4.74 Å². The molecule has 1 aliphatic heterocycles. The molecule has 2 nitrogen and oxygen atoms in total. The predicted octanol–water partition coefficient (Wildman–Crippen LogP) is 3.65. The molecule has 1 aliphatic rings. The Morgan fingerprint density at radius 1 is 1.16 bits per heavy atom. The molecule has 2 atom stereocenters. The van der Waals surface area contributed by atoms with E-state index in [2.05, 4.69) is 59.0 Å². The molecule has 0 bridgehead atoms. The van der Waals surface area contributed by atoms with E-state index in [-0.39, 0.29) is 11.5 Å². The van der Waals surface area contributed by atoms with Crippen molar-refractivity contribution in [3.63, 3.8) is 0 Å². The second kappa shape index (κ2) is 5.26. The van der Waals surface area contributed by atoms with Gasteiger partial charge in [0.2, 0.25) is 0 Å². The lowest BCUT2D eigenvalue weighted by Gasteiger charge is -2.31. The molecule has 0 aliphatic carbocycles. The van der Waals surface area contributed by atoms with Crippen molar-refractivity contribution in [3.8, 4) is 0 Å². The van der Waals surface area contributed by atoms with E-state index in [1.54, 1.807) is 0 Å². The molecule has 1 saturated heterocycles. The Morgan fingerprint density at radius 2 is 1.74 bits per heavy atom. The van der Waals surface area contributed by atoms with E-state index in [0.29, 0.717) is 6.04 Å². The van der Waals surface area contributed by atoms with Gasteiger partial charge in [-0.25, -0.2) is 0 Å². The molecule has 2 rings (SSSR count). The van der Waals surface area contributed by atoms with Gasteiger partial charge in [-0.1, -0.05) is 32.9 Å². The van der Waals surface area contributed by atoms with Gasteiger partial charge < -0.3 is 10.1 Å². The number of nitrogens with one attached hydrogen (secondary N) is 1. The molecule has 1 fully saturated rings. The fourth-order valence-corrected chi connectivity index (χ4v) is 2.79. The maximum Gasteiger partial charge on any atom is 0.0955 e. The minimum atomic E-state index is 0.199. The highest BCUT2D eigenvalue weighted by Crippen LogP contribution is 2.31. The first-order chi connectivity index (χ1) is 8.79. The van der Waals surface area contributed by atoms with Gasteiger partial charge in [0.05, 0.1) is 12.7 Å². The highest BCUT2D eigenvalue weighted by molar-refractivity contribution is 5.42. The first-order valence-corrected chi connectivity index (χ1v) is 7.25. The summed E-state index contributed by atoms with van der Waals surface area (Å²) in [6.45, 7) is 15.1. The Morgan fingerprint density at radius 3 is 2.16 bits per heavy atom. The van der Waals surface area contributed by atoms with E-state index in [0.717, 1.165) is 13.2 Å². The van der Waals surface area contributed by atoms with Crippen molar-refractivity contribution in [2.24, 2.45) is 0 Å². The van der Waals surface area contributed by atoms with Gasteiger partial charge in [0.15, 0.2) is 0 Å². The van der Waals surface area contributed by atoms with E-state index in [1.807, 2.05) is 0 Å². The number of benzene rings is 1. The molecule has 106 valence electrons. The number of ether oxygens (including phenoxy) is 1. The maximum absolute atomic E-state index is 6.00. The molecule has 1 aromatic carbocycles. The van der Waals surface area contributed by atoms with Gasteiger partial charge in [0.25, 0.3) is 0 Å². The minimum Gasteiger partial charge on any atom is -0.371 e. The van der Waals surface area contributed by atoms with E-state index >= 15 is 0 Å². The third kappa shape index (κ3) is 3.18. The van der Waals surface area contributed by atoms with Crippen LogP contribution in [0.25, 0.3) is 0 Å². The Hall–Kier alpha value is -0.860. The van der Waals surface area contributed by atoms with Gasteiger partial charge in [0.1, 0.15) is 0 Å². The third-order valence-corrected chi connectivity index (χ3v) is 3.98. The van der Waals surface area contributed by atoms with Crippen LogP contribution in [-0.4, -0.2) is 19.2 Å². The highest BCUT2D eigenvalue weighted by Gasteiger charge is 2.24. The van der Waals surface area contributed by atoms with Crippen LogP contribution in [-0.2, 0) is 10.2 Å². The summed E-state index contributed by atoms with van der Waals surface area (Å²) in [5.41, 5.74) is 5.68. The second-order valence-electron chi connectivity index (χ2n) is 6.90.